The van der Waals surface area contributed by atoms with E-state index >= 15 is 0 Å². The minimum absolute atomic E-state index is 0.0492. The molecule has 1 aromatic rings. The zero-order valence-corrected chi connectivity index (χ0v) is 10.7. The summed E-state index contributed by atoms with van der Waals surface area (Å²) in [6.45, 7) is 3.51. The van der Waals surface area contributed by atoms with Crippen LogP contribution < -0.4 is 5.32 Å². The Morgan fingerprint density at radius 2 is 2.44 bits per heavy atom. The summed E-state index contributed by atoms with van der Waals surface area (Å²) in [6, 6.07) is 3.38. The number of carbonyl (C=O) groups excluding carboxylic acids is 1. The lowest BCUT2D eigenvalue weighted by molar-refractivity contribution is -0.134. The van der Waals surface area contributed by atoms with Crippen molar-refractivity contribution in [3.8, 4) is 0 Å². The molecule has 0 aliphatic carbocycles. The molecule has 1 aromatic heterocycles. The molecule has 6 heteroatoms. The normalized spacial score (nSPS) is 25.0. The first-order chi connectivity index (χ1) is 8.72. The molecule has 6 nitrogen and oxygen atoms in total. The average Bonchev–Trinajstić information content (AvgIpc) is 2.51. The van der Waals surface area contributed by atoms with Gasteiger partial charge in [0.25, 0.3) is 0 Å². The number of hydrogen-bond acceptors (Lipinski definition) is 5. The molecule has 1 fully saturated rings. The van der Waals surface area contributed by atoms with Gasteiger partial charge in [0, 0.05) is 12.7 Å². The van der Waals surface area contributed by atoms with Gasteiger partial charge in [0.1, 0.15) is 6.04 Å². The maximum absolute atomic E-state index is 12.3. The largest absolute Gasteiger partial charge is 0.374 e. The Bertz CT molecular complexity index is 398. The zero-order chi connectivity index (χ0) is 13.0. The number of rotatable bonds is 3. The van der Waals surface area contributed by atoms with E-state index in [0.717, 1.165) is 5.69 Å². The Hall–Kier alpha value is -1.53. The van der Waals surface area contributed by atoms with Gasteiger partial charge in [0.15, 0.2) is 0 Å². The number of nitrogens with one attached hydrogen (secondary N) is 1. The lowest BCUT2D eigenvalue weighted by atomic mass is 10.1. The van der Waals surface area contributed by atoms with Crippen molar-refractivity contribution in [1.29, 1.82) is 0 Å². The average molecular weight is 250 g/mol. The fourth-order valence-electron chi connectivity index (χ4n) is 2.08. The zero-order valence-electron chi connectivity index (χ0n) is 10.7. The van der Waals surface area contributed by atoms with Crippen molar-refractivity contribution in [1.82, 2.24) is 20.4 Å². The van der Waals surface area contributed by atoms with Crippen LogP contribution in [0.25, 0.3) is 0 Å². The molecule has 0 aromatic carbocycles. The number of hydrogen-bond donors (Lipinski definition) is 1. The van der Waals surface area contributed by atoms with Crippen molar-refractivity contribution >= 4 is 5.91 Å². The van der Waals surface area contributed by atoms with Gasteiger partial charge >= 0.3 is 0 Å². The highest BCUT2D eigenvalue weighted by atomic mass is 16.5. The van der Waals surface area contributed by atoms with E-state index in [0.29, 0.717) is 19.7 Å². The quantitative estimate of drug-likeness (QED) is 0.805. The van der Waals surface area contributed by atoms with Gasteiger partial charge in [-0.3, -0.25) is 4.79 Å². The molecule has 2 rings (SSSR count). The molecule has 2 unspecified atom stereocenters. The lowest BCUT2D eigenvalue weighted by Gasteiger charge is -2.24. The van der Waals surface area contributed by atoms with Crippen LogP contribution in [-0.2, 0) is 16.1 Å². The number of amides is 1. The molecule has 2 atom stereocenters. The molecule has 1 aliphatic rings. The number of likely N-dealkylation sites (N-methyl/N-ethyl adjacent to an activating group) is 1. The molecule has 1 aliphatic heterocycles. The molecule has 0 spiro atoms. The molecule has 2 heterocycles. The molecule has 0 saturated carbocycles. The second-order valence-corrected chi connectivity index (χ2v) is 4.32. The highest BCUT2D eigenvalue weighted by Gasteiger charge is 2.31. The lowest BCUT2D eigenvalue weighted by Crippen LogP contribution is -2.48. The minimum atomic E-state index is -0.302. The third-order valence-corrected chi connectivity index (χ3v) is 3.08. The van der Waals surface area contributed by atoms with Crippen molar-refractivity contribution < 1.29 is 9.53 Å². The molecule has 18 heavy (non-hydrogen) atoms. The van der Waals surface area contributed by atoms with E-state index in [9.17, 15) is 4.79 Å². The molecule has 1 saturated heterocycles. The van der Waals surface area contributed by atoms with E-state index in [-0.39, 0.29) is 18.1 Å². The maximum atomic E-state index is 12.3. The topological polar surface area (TPSA) is 67.4 Å². The standard InChI is InChI=1S/C12H18N4O2/c1-9-11(13-2)12(17)16(6-7-18-9)8-10-4-3-5-14-15-10/h3-5,9,11,13H,6-8H2,1-2H3. The molecule has 1 amide bonds. The number of carbonyl (C=O) groups is 1. The maximum Gasteiger partial charge on any atom is 0.242 e. The fraction of sp³-hybridized carbons (Fsp3) is 0.583. The third-order valence-electron chi connectivity index (χ3n) is 3.08. The minimum Gasteiger partial charge on any atom is -0.374 e. The first-order valence-electron chi connectivity index (χ1n) is 6.06. The van der Waals surface area contributed by atoms with Crippen molar-refractivity contribution in [3.05, 3.63) is 24.0 Å². The van der Waals surface area contributed by atoms with Gasteiger partial charge < -0.3 is 15.0 Å². The van der Waals surface area contributed by atoms with E-state index in [1.807, 2.05) is 19.1 Å². The highest BCUT2D eigenvalue weighted by Crippen LogP contribution is 2.11. The third kappa shape index (κ3) is 2.83. The molecule has 0 bridgehead atoms. The van der Waals surface area contributed by atoms with Crippen LogP contribution in [0.4, 0.5) is 0 Å². The van der Waals surface area contributed by atoms with Crippen molar-refractivity contribution in [3.63, 3.8) is 0 Å². The second kappa shape index (κ2) is 5.88. The predicted octanol–water partition coefficient (Wildman–Crippen LogP) is -0.188. The monoisotopic (exact) mass is 250 g/mol. The summed E-state index contributed by atoms with van der Waals surface area (Å²) in [5, 5.41) is 10.8. The molecule has 1 N–H and O–H groups in total. The van der Waals surface area contributed by atoms with Gasteiger partial charge in [0.2, 0.25) is 5.91 Å². The van der Waals surface area contributed by atoms with Crippen LogP contribution >= 0.6 is 0 Å². The first kappa shape index (κ1) is 12.9. The van der Waals surface area contributed by atoms with Crippen molar-refractivity contribution in [2.75, 3.05) is 20.2 Å². The van der Waals surface area contributed by atoms with Crippen molar-refractivity contribution in [2.24, 2.45) is 0 Å². The number of nitrogens with zero attached hydrogens (tertiary/aromatic N) is 3. The Morgan fingerprint density at radius 1 is 1.61 bits per heavy atom. The van der Waals surface area contributed by atoms with E-state index < -0.39 is 0 Å². The van der Waals surface area contributed by atoms with Crippen LogP contribution in [0.3, 0.4) is 0 Å². The summed E-state index contributed by atoms with van der Waals surface area (Å²) in [6.07, 6.45) is 1.50. The molecule has 0 radical (unpaired) electrons. The summed E-state index contributed by atoms with van der Waals surface area (Å²) in [7, 11) is 1.77. The summed E-state index contributed by atoms with van der Waals surface area (Å²) >= 11 is 0. The van der Waals surface area contributed by atoms with Gasteiger partial charge in [-0.15, -0.1) is 0 Å². The molecular formula is C12H18N4O2. The number of ether oxygens (including phenoxy) is 1. The van der Waals surface area contributed by atoms with Crippen LogP contribution in [0.1, 0.15) is 12.6 Å². The summed E-state index contributed by atoms with van der Waals surface area (Å²) < 4.78 is 5.58. The van der Waals surface area contributed by atoms with Gasteiger partial charge in [-0.2, -0.15) is 10.2 Å². The van der Waals surface area contributed by atoms with Crippen LogP contribution in [0.2, 0.25) is 0 Å². The Balaban J connectivity index is 2.10. The highest BCUT2D eigenvalue weighted by molar-refractivity contribution is 5.82. The Kier molecular flexibility index (Phi) is 4.22. The first-order valence-corrected chi connectivity index (χ1v) is 6.06. The summed E-state index contributed by atoms with van der Waals surface area (Å²) in [5.41, 5.74) is 0.787. The Labute approximate surface area is 106 Å². The predicted molar refractivity (Wildman–Crippen MR) is 65.7 cm³/mol. The van der Waals surface area contributed by atoms with Crippen LogP contribution in [0, 0.1) is 0 Å². The molecular weight excluding hydrogens is 232 g/mol. The second-order valence-electron chi connectivity index (χ2n) is 4.32. The SMILES string of the molecule is CNC1C(=O)N(Cc2cccnn2)CCOC1C. The smallest absolute Gasteiger partial charge is 0.242 e. The van der Waals surface area contributed by atoms with Gasteiger partial charge in [-0.1, -0.05) is 0 Å². The van der Waals surface area contributed by atoms with E-state index in [4.69, 9.17) is 4.74 Å². The van der Waals surface area contributed by atoms with Gasteiger partial charge in [-0.25, -0.2) is 0 Å². The summed E-state index contributed by atoms with van der Waals surface area (Å²) in [5.74, 6) is 0.0492. The van der Waals surface area contributed by atoms with Crippen LogP contribution in [0.5, 0.6) is 0 Å². The molecule has 98 valence electrons. The van der Waals surface area contributed by atoms with E-state index in [1.165, 1.54) is 0 Å². The fourth-order valence-corrected chi connectivity index (χ4v) is 2.08. The van der Waals surface area contributed by atoms with Gasteiger partial charge in [-0.05, 0) is 26.1 Å². The van der Waals surface area contributed by atoms with Crippen molar-refractivity contribution in [2.45, 2.75) is 25.6 Å². The van der Waals surface area contributed by atoms with Crippen LogP contribution in [0.15, 0.2) is 18.3 Å². The summed E-state index contributed by atoms with van der Waals surface area (Å²) in [4.78, 5) is 14.1. The van der Waals surface area contributed by atoms with Gasteiger partial charge in [0.05, 0.1) is 24.9 Å². The Morgan fingerprint density at radius 3 is 3.11 bits per heavy atom. The van der Waals surface area contributed by atoms with Crippen LogP contribution in [-0.4, -0.2) is 53.3 Å². The number of aromatic nitrogens is 2. The van der Waals surface area contributed by atoms with E-state index in [1.54, 1.807) is 18.1 Å². The van der Waals surface area contributed by atoms with E-state index in [2.05, 4.69) is 15.5 Å².